The molecule has 0 fully saturated rings. The normalized spacial score (nSPS) is 14.5. The van der Waals surface area contributed by atoms with E-state index in [1.165, 1.54) is 49.8 Å². The lowest BCUT2D eigenvalue weighted by Gasteiger charge is -2.16. The van der Waals surface area contributed by atoms with Crippen molar-refractivity contribution < 1.29 is 9.90 Å². The van der Waals surface area contributed by atoms with Crippen molar-refractivity contribution in [3.8, 4) is 5.75 Å². The second-order valence-corrected chi connectivity index (χ2v) is 9.81. The van der Waals surface area contributed by atoms with Crippen molar-refractivity contribution in [2.24, 2.45) is 17.8 Å². The van der Waals surface area contributed by atoms with Crippen LogP contribution in [0.5, 0.6) is 5.75 Å². The molecule has 3 nitrogen and oxygen atoms in total. The van der Waals surface area contributed by atoms with Gasteiger partial charge in [0.2, 0.25) is 0 Å². The highest BCUT2D eigenvalue weighted by Crippen LogP contribution is 2.34. The van der Waals surface area contributed by atoms with E-state index >= 15 is 0 Å². The summed E-state index contributed by atoms with van der Waals surface area (Å²) in [4.78, 5) is 14.4. The van der Waals surface area contributed by atoms with Gasteiger partial charge < -0.3 is 10.0 Å². The monoisotopic (exact) mass is 407 g/mol. The molecule has 160 valence electrons. The molecular weight excluding hydrogens is 366 g/mol. The number of thioether (sulfide) groups is 1. The summed E-state index contributed by atoms with van der Waals surface area (Å²) in [6, 6.07) is 5.44. The number of amides is 1. The average molecular weight is 408 g/mol. The largest absolute Gasteiger partial charge is 0.506 e. The highest BCUT2D eigenvalue weighted by Gasteiger charge is 2.16. The summed E-state index contributed by atoms with van der Waals surface area (Å²) in [5, 5.41) is 10.4. The molecule has 0 aliphatic heterocycles. The van der Waals surface area contributed by atoms with Crippen molar-refractivity contribution in [1.82, 2.24) is 4.90 Å². The third-order valence-electron chi connectivity index (χ3n) is 5.64. The quantitative estimate of drug-likeness (QED) is 0.364. The molecule has 3 unspecified atom stereocenters. The summed E-state index contributed by atoms with van der Waals surface area (Å²) in [5.41, 5.74) is 0.383. The standard InChI is InChI=1S/C24H41NO2S/c1-7-18(2)11-8-12-19(3)13-9-14-20(4)17-28-22-16-10-15-21(23(22)26)24(27)25(5)6/h10,15-16,18-20,26H,7-9,11-14,17H2,1-6H3. The molecule has 1 aromatic rings. The van der Waals surface area contributed by atoms with Crippen LogP contribution in [-0.2, 0) is 0 Å². The molecule has 1 amide bonds. The fraction of sp³-hybridized carbons (Fsp3) is 0.708. The maximum Gasteiger partial charge on any atom is 0.257 e. The molecule has 0 aromatic heterocycles. The van der Waals surface area contributed by atoms with Gasteiger partial charge in [0.15, 0.2) is 0 Å². The lowest BCUT2D eigenvalue weighted by atomic mass is 9.93. The molecule has 1 N–H and O–H groups in total. The van der Waals surface area contributed by atoms with Crippen LogP contribution in [0.2, 0.25) is 0 Å². The lowest BCUT2D eigenvalue weighted by molar-refractivity contribution is 0.0824. The smallest absolute Gasteiger partial charge is 0.257 e. The zero-order chi connectivity index (χ0) is 21.1. The number of phenolic OH excluding ortho intramolecular Hbond substituents is 1. The Hall–Kier alpha value is -1.16. The molecule has 0 radical (unpaired) electrons. The summed E-state index contributed by atoms with van der Waals surface area (Å²) < 4.78 is 0. The minimum atomic E-state index is -0.157. The second kappa shape index (κ2) is 13.1. The number of carbonyl (C=O) groups is 1. The molecule has 4 heteroatoms. The summed E-state index contributed by atoms with van der Waals surface area (Å²) in [6.07, 6.45) is 9.19. The molecular formula is C24H41NO2S. The van der Waals surface area contributed by atoms with Crippen molar-refractivity contribution >= 4 is 17.7 Å². The fourth-order valence-corrected chi connectivity index (χ4v) is 4.40. The Morgan fingerprint density at radius 1 is 1.00 bits per heavy atom. The van der Waals surface area contributed by atoms with Crippen LogP contribution >= 0.6 is 11.8 Å². The van der Waals surface area contributed by atoms with Crippen LogP contribution in [0.1, 0.15) is 83.0 Å². The van der Waals surface area contributed by atoms with Crippen LogP contribution in [0.3, 0.4) is 0 Å². The van der Waals surface area contributed by atoms with Gasteiger partial charge in [0.25, 0.3) is 5.91 Å². The van der Waals surface area contributed by atoms with E-state index in [2.05, 4.69) is 27.7 Å². The Bertz CT molecular complexity index is 588. The Balaban J connectivity index is 2.34. The van der Waals surface area contributed by atoms with Gasteiger partial charge in [-0.1, -0.05) is 72.3 Å². The zero-order valence-electron chi connectivity index (χ0n) is 18.8. The minimum absolute atomic E-state index is 0.119. The van der Waals surface area contributed by atoms with E-state index in [9.17, 15) is 9.90 Å². The number of hydrogen-bond acceptors (Lipinski definition) is 3. The first kappa shape index (κ1) is 24.9. The van der Waals surface area contributed by atoms with Crippen LogP contribution in [0, 0.1) is 17.8 Å². The van der Waals surface area contributed by atoms with Gasteiger partial charge in [0, 0.05) is 24.7 Å². The third kappa shape index (κ3) is 8.89. The zero-order valence-corrected chi connectivity index (χ0v) is 19.6. The number of benzene rings is 1. The molecule has 1 rings (SSSR count). The molecule has 3 atom stereocenters. The average Bonchev–Trinajstić information content (AvgIpc) is 2.66. The van der Waals surface area contributed by atoms with Gasteiger partial charge in [-0.3, -0.25) is 4.79 Å². The number of carbonyl (C=O) groups excluding carboxylic acids is 1. The Kier molecular flexibility index (Phi) is 11.7. The van der Waals surface area contributed by atoms with Crippen molar-refractivity contribution in [2.75, 3.05) is 19.8 Å². The molecule has 1 aromatic carbocycles. The SMILES string of the molecule is CCC(C)CCCC(C)CCCC(C)CSc1cccc(C(=O)N(C)C)c1O. The lowest BCUT2D eigenvalue weighted by Crippen LogP contribution is -2.21. The van der Waals surface area contributed by atoms with Gasteiger partial charge in [0.1, 0.15) is 5.75 Å². The maximum absolute atomic E-state index is 12.1. The summed E-state index contributed by atoms with van der Waals surface area (Å²) in [7, 11) is 3.41. The van der Waals surface area contributed by atoms with E-state index in [1.807, 2.05) is 12.1 Å². The van der Waals surface area contributed by atoms with Gasteiger partial charge in [-0.2, -0.15) is 0 Å². The van der Waals surface area contributed by atoms with Crippen LogP contribution < -0.4 is 0 Å². The minimum Gasteiger partial charge on any atom is -0.506 e. The number of hydrogen-bond donors (Lipinski definition) is 1. The van der Waals surface area contributed by atoms with Gasteiger partial charge in [-0.25, -0.2) is 0 Å². The fourth-order valence-electron chi connectivity index (χ4n) is 3.35. The van der Waals surface area contributed by atoms with Crippen LogP contribution in [0.25, 0.3) is 0 Å². The maximum atomic E-state index is 12.1. The van der Waals surface area contributed by atoms with Crippen molar-refractivity contribution in [2.45, 2.75) is 77.5 Å². The predicted octanol–water partition coefficient (Wildman–Crippen LogP) is 6.85. The number of para-hydroxylation sites is 1. The summed E-state index contributed by atoms with van der Waals surface area (Å²) >= 11 is 1.66. The van der Waals surface area contributed by atoms with Gasteiger partial charge in [0.05, 0.1) is 5.56 Å². The Morgan fingerprint density at radius 3 is 2.14 bits per heavy atom. The number of aromatic hydroxyl groups is 1. The predicted molar refractivity (Wildman–Crippen MR) is 122 cm³/mol. The molecule has 0 aliphatic carbocycles. The van der Waals surface area contributed by atoms with Crippen molar-refractivity contribution in [3.63, 3.8) is 0 Å². The molecule has 0 spiro atoms. The molecule has 0 heterocycles. The van der Waals surface area contributed by atoms with E-state index in [0.717, 1.165) is 22.5 Å². The van der Waals surface area contributed by atoms with E-state index in [-0.39, 0.29) is 11.7 Å². The molecule has 0 saturated heterocycles. The number of rotatable bonds is 13. The number of phenols is 1. The van der Waals surface area contributed by atoms with E-state index < -0.39 is 0 Å². The van der Waals surface area contributed by atoms with Gasteiger partial charge >= 0.3 is 0 Å². The Labute approximate surface area is 177 Å². The molecule has 0 bridgehead atoms. The first-order valence-corrected chi connectivity index (χ1v) is 11.9. The summed E-state index contributed by atoms with van der Waals surface area (Å²) in [5.74, 6) is 3.22. The molecule has 0 aliphatic rings. The van der Waals surface area contributed by atoms with Crippen molar-refractivity contribution in [3.05, 3.63) is 23.8 Å². The number of nitrogens with zero attached hydrogens (tertiary/aromatic N) is 1. The van der Waals surface area contributed by atoms with Gasteiger partial charge in [-0.15, -0.1) is 11.8 Å². The highest BCUT2D eigenvalue weighted by molar-refractivity contribution is 7.99. The Morgan fingerprint density at radius 2 is 1.57 bits per heavy atom. The van der Waals surface area contributed by atoms with Crippen LogP contribution in [0.4, 0.5) is 0 Å². The second-order valence-electron chi connectivity index (χ2n) is 8.75. The highest BCUT2D eigenvalue weighted by atomic mass is 32.2. The topological polar surface area (TPSA) is 40.5 Å². The van der Waals surface area contributed by atoms with Crippen LogP contribution in [-0.4, -0.2) is 35.8 Å². The first-order chi connectivity index (χ1) is 13.3. The van der Waals surface area contributed by atoms with E-state index in [0.29, 0.717) is 11.5 Å². The third-order valence-corrected chi connectivity index (χ3v) is 7.02. The summed E-state index contributed by atoms with van der Waals surface area (Å²) in [6.45, 7) is 9.31. The van der Waals surface area contributed by atoms with E-state index in [4.69, 9.17) is 0 Å². The van der Waals surface area contributed by atoms with Crippen LogP contribution in [0.15, 0.2) is 23.1 Å². The van der Waals surface area contributed by atoms with Gasteiger partial charge in [-0.05, 0) is 36.3 Å². The van der Waals surface area contributed by atoms with E-state index in [1.54, 1.807) is 31.9 Å². The molecule has 28 heavy (non-hydrogen) atoms. The first-order valence-electron chi connectivity index (χ1n) is 10.9. The van der Waals surface area contributed by atoms with Crippen molar-refractivity contribution in [1.29, 1.82) is 0 Å². The molecule has 0 saturated carbocycles.